The van der Waals surface area contributed by atoms with E-state index in [1.807, 2.05) is 0 Å². The number of hydrogen-bond donors (Lipinski definition) is 2. The number of piperidine rings is 1. The van der Waals surface area contributed by atoms with Gasteiger partial charge in [-0.25, -0.2) is 24.1 Å². The first-order valence-corrected chi connectivity index (χ1v) is 12.6. The monoisotopic (exact) mass is 540 g/mol. The van der Waals surface area contributed by atoms with Gasteiger partial charge in [0.25, 0.3) is 5.91 Å². The van der Waals surface area contributed by atoms with Gasteiger partial charge in [-0.05, 0) is 57.5 Å². The van der Waals surface area contributed by atoms with Gasteiger partial charge in [0.1, 0.15) is 41.5 Å². The number of carbonyl (C=O) groups is 2. The SMILES string of the molecule is COCCOc1ccc(-c2cc(C(N)=O)c3ncnc(N[C@@H]4CN(C(=O)OC(C)(C)C)CC[C@H]4F)c3n2)cc1. The number of nitrogens with one attached hydrogen (secondary N) is 1. The molecule has 3 heterocycles. The van der Waals surface area contributed by atoms with Gasteiger partial charge in [0.05, 0.1) is 23.9 Å². The molecule has 0 unspecified atom stereocenters. The second kappa shape index (κ2) is 11.8. The summed E-state index contributed by atoms with van der Waals surface area (Å²) in [6, 6.07) is 7.94. The zero-order chi connectivity index (χ0) is 28.2. The Morgan fingerprint density at radius 1 is 1.15 bits per heavy atom. The number of halogens is 1. The predicted molar refractivity (Wildman–Crippen MR) is 143 cm³/mol. The van der Waals surface area contributed by atoms with Crippen molar-refractivity contribution in [3.05, 3.63) is 42.2 Å². The van der Waals surface area contributed by atoms with Crippen LogP contribution in [0.15, 0.2) is 36.7 Å². The third-order valence-corrected chi connectivity index (χ3v) is 6.06. The number of anilines is 1. The van der Waals surface area contributed by atoms with Gasteiger partial charge in [0.15, 0.2) is 5.82 Å². The van der Waals surface area contributed by atoms with Crippen LogP contribution in [0.3, 0.4) is 0 Å². The molecule has 208 valence electrons. The minimum absolute atomic E-state index is 0.0640. The Kier molecular flexibility index (Phi) is 8.44. The van der Waals surface area contributed by atoms with E-state index in [2.05, 4.69) is 15.3 Å². The van der Waals surface area contributed by atoms with E-state index in [4.69, 9.17) is 24.9 Å². The summed E-state index contributed by atoms with van der Waals surface area (Å²) in [5.41, 5.74) is 6.80. The first kappa shape index (κ1) is 28.0. The van der Waals surface area contributed by atoms with Gasteiger partial charge in [-0.1, -0.05) is 0 Å². The summed E-state index contributed by atoms with van der Waals surface area (Å²) in [6.45, 7) is 6.49. The fraction of sp³-hybridized carbons (Fsp3) is 0.444. The van der Waals surface area contributed by atoms with Crippen molar-refractivity contribution in [2.24, 2.45) is 5.73 Å². The number of rotatable bonds is 8. The highest BCUT2D eigenvalue weighted by atomic mass is 19.1. The molecule has 1 aliphatic rings. The van der Waals surface area contributed by atoms with Crippen molar-refractivity contribution < 1.29 is 28.2 Å². The Balaban J connectivity index is 1.65. The number of nitrogens with zero attached hydrogens (tertiary/aromatic N) is 4. The van der Waals surface area contributed by atoms with E-state index in [1.165, 1.54) is 11.2 Å². The van der Waals surface area contributed by atoms with Crippen LogP contribution in [0.5, 0.6) is 5.75 Å². The number of nitrogens with two attached hydrogens (primary N) is 1. The van der Waals surface area contributed by atoms with Crippen molar-refractivity contribution in [1.82, 2.24) is 19.9 Å². The van der Waals surface area contributed by atoms with Gasteiger partial charge >= 0.3 is 6.09 Å². The molecular weight excluding hydrogens is 507 g/mol. The number of amides is 2. The van der Waals surface area contributed by atoms with Crippen LogP contribution in [0, 0.1) is 0 Å². The third-order valence-electron chi connectivity index (χ3n) is 6.06. The van der Waals surface area contributed by atoms with Crippen molar-refractivity contribution >= 4 is 28.9 Å². The Morgan fingerprint density at radius 2 is 1.90 bits per heavy atom. The maximum Gasteiger partial charge on any atom is 0.410 e. The molecule has 39 heavy (non-hydrogen) atoms. The van der Waals surface area contributed by atoms with E-state index >= 15 is 4.39 Å². The smallest absolute Gasteiger partial charge is 0.410 e. The lowest BCUT2D eigenvalue weighted by atomic mass is 10.0. The van der Waals surface area contributed by atoms with Gasteiger partial charge in [0, 0.05) is 25.8 Å². The molecule has 0 saturated carbocycles. The highest BCUT2D eigenvalue weighted by molar-refractivity contribution is 6.06. The van der Waals surface area contributed by atoms with Crippen molar-refractivity contribution in [3.63, 3.8) is 0 Å². The molecule has 0 aliphatic carbocycles. The van der Waals surface area contributed by atoms with Gasteiger partial charge in [-0.15, -0.1) is 0 Å². The van der Waals surface area contributed by atoms with E-state index in [0.717, 1.165) is 0 Å². The summed E-state index contributed by atoms with van der Waals surface area (Å²) in [6.07, 6.45) is -0.381. The summed E-state index contributed by atoms with van der Waals surface area (Å²) in [5.74, 6) is 0.186. The van der Waals surface area contributed by atoms with E-state index in [0.29, 0.717) is 30.2 Å². The first-order chi connectivity index (χ1) is 18.6. The number of pyridine rings is 1. The summed E-state index contributed by atoms with van der Waals surface area (Å²) < 4.78 is 31.1. The van der Waals surface area contributed by atoms with Gasteiger partial charge in [-0.3, -0.25) is 4.79 Å². The van der Waals surface area contributed by atoms with E-state index in [-0.39, 0.29) is 41.9 Å². The quantitative estimate of drug-likeness (QED) is 0.410. The molecule has 3 aromatic rings. The Hall–Kier alpha value is -4.06. The maximum atomic E-state index is 15.0. The van der Waals surface area contributed by atoms with Crippen molar-refractivity contribution in [1.29, 1.82) is 0 Å². The van der Waals surface area contributed by atoms with Crippen LogP contribution >= 0.6 is 0 Å². The van der Waals surface area contributed by atoms with Crippen LogP contribution in [-0.4, -0.2) is 83.1 Å². The van der Waals surface area contributed by atoms with Crippen LogP contribution in [-0.2, 0) is 9.47 Å². The molecule has 2 amide bonds. The van der Waals surface area contributed by atoms with E-state index in [1.54, 1.807) is 58.2 Å². The number of likely N-dealkylation sites (tertiary alicyclic amines) is 1. The van der Waals surface area contributed by atoms with Crippen LogP contribution in [0.2, 0.25) is 0 Å². The number of alkyl halides is 1. The Bertz CT molecular complexity index is 1330. The minimum Gasteiger partial charge on any atom is -0.491 e. The summed E-state index contributed by atoms with van der Waals surface area (Å²) in [4.78, 5) is 39.6. The molecule has 0 bridgehead atoms. The summed E-state index contributed by atoms with van der Waals surface area (Å²) in [7, 11) is 1.60. The molecule has 1 fully saturated rings. The van der Waals surface area contributed by atoms with Gasteiger partial charge in [0.2, 0.25) is 0 Å². The second-order valence-corrected chi connectivity index (χ2v) is 10.2. The summed E-state index contributed by atoms with van der Waals surface area (Å²) in [5, 5.41) is 3.08. The topological polar surface area (TPSA) is 142 Å². The highest BCUT2D eigenvalue weighted by Crippen LogP contribution is 2.29. The summed E-state index contributed by atoms with van der Waals surface area (Å²) >= 11 is 0. The van der Waals surface area contributed by atoms with Crippen molar-refractivity contribution in [3.8, 4) is 17.0 Å². The van der Waals surface area contributed by atoms with Gasteiger partial charge < -0.3 is 30.2 Å². The molecule has 2 aromatic heterocycles. The normalized spacial score (nSPS) is 17.6. The molecular formula is C27H33FN6O5. The number of carbonyl (C=O) groups excluding carboxylic acids is 2. The molecule has 0 spiro atoms. The molecule has 4 rings (SSSR count). The average Bonchev–Trinajstić information content (AvgIpc) is 2.89. The van der Waals surface area contributed by atoms with Crippen LogP contribution < -0.4 is 15.8 Å². The lowest BCUT2D eigenvalue weighted by Crippen LogP contribution is -2.52. The molecule has 2 atom stereocenters. The molecule has 12 heteroatoms. The third kappa shape index (κ3) is 6.88. The van der Waals surface area contributed by atoms with Crippen LogP contribution in [0.1, 0.15) is 37.6 Å². The first-order valence-electron chi connectivity index (χ1n) is 12.6. The van der Waals surface area contributed by atoms with Crippen LogP contribution in [0.25, 0.3) is 22.3 Å². The molecule has 1 saturated heterocycles. The number of primary amides is 1. The molecule has 1 aliphatic heterocycles. The fourth-order valence-corrected chi connectivity index (χ4v) is 4.17. The fourth-order valence-electron chi connectivity index (χ4n) is 4.17. The molecule has 3 N–H and O–H groups in total. The largest absolute Gasteiger partial charge is 0.491 e. The number of methoxy groups -OCH3 is 1. The lowest BCUT2D eigenvalue weighted by molar-refractivity contribution is 0.0150. The molecule has 0 radical (unpaired) electrons. The zero-order valence-electron chi connectivity index (χ0n) is 22.4. The Morgan fingerprint density at radius 3 is 2.56 bits per heavy atom. The number of fused-ring (bicyclic) bond motifs is 1. The van der Waals surface area contributed by atoms with Gasteiger partial charge in [-0.2, -0.15) is 0 Å². The van der Waals surface area contributed by atoms with E-state index < -0.39 is 29.8 Å². The number of hydrogen-bond acceptors (Lipinski definition) is 9. The number of ether oxygens (including phenoxy) is 3. The van der Waals surface area contributed by atoms with Crippen molar-refractivity contribution in [2.45, 2.75) is 45.0 Å². The molecule has 11 nitrogen and oxygen atoms in total. The average molecular weight is 541 g/mol. The molecule has 1 aromatic carbocycles. The predicted octanol–water partition coefficient (Wildman–Crippen LogP) is 3.58. The minimum atomic E-state index is -1.25. The second-order valence-electron chi connectivity index (χ2n) is 10.2. The van der Waals surface area contributed by atoms with E-state index in [9.17, 15) is 9.59 Å². The lowest BCUT2D eigenvalue weighted by Gasteiger charge is -2.36. The standard InChI is InChI=1S/C27H33FN6O5/c1-27(2,3)39-26(36)34-10-9-19(28)21(14-34)33-25-23-22(30-15-31-25)18(24(29)35)13-20(32-23)16-5-7-17(8-6-16)38-12-11-37-4/h5-8,13,15,19,21H,9-12,14H2,1-4H3,(H2,29,35)(H,30,31,33)/t19-,21-/m1/s1. The number of aromatic nitrogens is 3. The zero-order valence-corrected chi connectivity index (χ0v) is 22.4. The highest BCUT2D eigenvalue weighted by Gasteiger charge is 2.34. The van der Waals surface area contributed by atoms with Crippen LogP contribution in [0.4, 0.5) is 15.0 Å². The van der Waals surface area contributed by atoms with Crippen molar-refractivity contribution in [2.75, 3.05) is 38.7 Å². The number of benzene rings is 1. The Labute approximate surface area is 225 Å². The maximum absolute atomic E-state index is 15.0.